The predicted octanol–water partition coefficient (Wildman–Crippen LogP) is 3.61. The van der Waals surface area contributed by atoms with E-state index in [4.69, 9.17) is 0 Å². The summed E-state index contributed by atoms with van der Waals surface area (Å²) < 4.78 is 1.68. The second-order valence-electron chi connectivity index (χ2n) is 5.84. The maximum absolute atomic E-state index is 13.0. The van der Waals surface area contributed by atoms with Crippen molar-refractivity contribution >= 4 is 23.1 Å². The van der Waals surface area contributed by atoms with Crippen LogP contribution in [0.4, 0.5) is 0 Å². The van der Waals surface area contributed by atoms with Gasteiger partial charge in [-0.05, 0) is 29.3 Å². The molecule has 0 saturated carbocycles. The van der Waals surface area contributed by atoms with Crippen LogP contribution in [0, 0.1) is 12.1 Å². The van der Waals surface area contributed by atoms with E-state index in [-0.39, 0.29) is 5.56 Å². The lowest BCUT2D eigenvalue weighted by molar-refractivity contribution is 0.738. The van der Waals surface area contributed by atoms with Crippen molar-refractivity contribution in [1.82, 2.24) is 14.5 Å². The van der Waals surface area contributed by atoms with Crippen molar-refractivity contribution < 1.29 is 0 Å². The molecule has 2 heterocycles. The minimum absolute atomic E-state index is 0.0880. The molecule has 0 saturated heterocycles. The van der Waals surface area contributed by atoms with Crippen LogP contribution >= 0.6 is 0 Å². The molecule has 0 amide bonds. The van der Waals surface area contributed by atoms with Gasteiger partial charge in [-0.2, -0.15) is 0 Å². The number of benzene rings is 1. The first-order chi connectivity index (χ1) is 12.8. The fraction of sp³-hybridized carbons (Fsp3) is 0.0455. The summed E-state index contributed by atoms with van der Waals surface area (Å²) in [5.74, 6) is 0.592. The molecule has 4 heteroatoms. The first kappa shape index (κ1) is 15.8. The SMILES string of the molecule is O=c1c2cc#ccc2nc(/C=C/c2cccnc2)n1Cc1ccccc1. The molecule has 0 radical (unpaired) electrons. The second-order valence-corrected chi connectivity index (χ2v) is 5.84. The highest BCUT2D eigenvalue weighted by atomic mass is 16.1. The molecule has 0 aliphatic rings. The van der Waals surface area contributed by atoms with Gasteiger partial charge in [0.25, 0.3) is 5.56 Å². The van der Waals surface area contributed by atoms with Crippen LogP contribution in [-0.2, 0) is 6.54 Å². The van der Waals surface area contributed by atoms with Crippen LogP contribution in [0.25, 0.3) is 23.1 Å². The zero-order valence-electron chi connectivity index (χ0n) is 14.0. The van der Waals surface area contributed by atoms with Gasteiger partial charge < -0.3 is 0 Å². The summed E-state index contributed by atoms with van der Waals surface area (Å²) in [7, 11) is 0. The molecule has 26 heavy (non-hydrogen) atoms. The van der Waals surface area contributed by atoms with Crippen molar-refractivity contribution in [3.8, 4) is 0 Å². The Kier molecular flexibility index (Phi) is 4.28. The number of fused-ring (bicyclic) bond motifs is 1. The number of hydrogen-bond acceptors (Lipinski definition) is 3. The predicted molar refractivity (Wildman–Crippen MR) is 102 cm³/mol. The van der Waals surface area contributed by atoms with Gasteiger partial charge in [-0.3, -0.25) is 14.3 Å². The fourth-order valence-corrected chi connectivity index (χ4v) is 2.76. The molecule has 0 spiro atoms. The Morgan fingerprint density at radius 2 is 1.85 bits per heavy atom. The van der Waals surface area contributed by atoms with E-state index in [0.717, 1.165) is 11.1 Å². The first-order valence-electron chi connectivity index (χ1n) is 8.25. The summed E-state index contributed by atoms with van der Waals surface area (Å²) >= 11 is 0. The Morgan fingerprint density at radius 1 is 1.00 bits per heavy atom. The molecule has 4 nitrogen and oxygen atoms in total. The molecule has 0 N–H and O–H groups in total. The molecule has 0 fully saturated rings. The van der Waals surface area contributed by atoms with Crippen molar-refractivity contribution in [2.75, 3.05) is 0 Å². The van der Waals surface area contributed by atoms with Gasteiger partial charge >= 0.3 is 0 Å². The summed E-state index contributed by atoms with van der Waals surface area (Å²) in [5, 5.41) is 0.540. The van der Waals surface area contributed by atoms with Crippen LogP contribution in [0.5, 0.6) is 0 Å². The largest absolute Gasteiger partial charge is 0.288 e. The second kappa shape index (κ2) is 7.04. The van der Waals surface area contributed by atoms with Gasteiger partial charge in [0.1, 0.15) is 5.82 Å². The summed E-state index contributed by atoms with van der Waals surface area (Å²) in [6, 6.07) is 22.7. The summed E-state index contributed by atoms with van der Waals surface area (Å²) in [5.41, 5.74) is 2.51. The number of pyridine rings is 1. The molecule has 4 rings (SSSR count). The van der Waals surface area contributed by atoms with E-state index in [9.17, 15) is 4.79 Å². The monoisotopic (exact) mass is 337 g/mol. The first-order valence-corrected chi connectivity index (χ1v) is 8.25. The Labute approximate surface area is 151 Å². The van der Waals surface area contributed by atoms with E-state index in [1.54, 1.807) is 29.1 Å². The van der Waals surface area contributed by atoms with E-state index in [0.29, 0.717) is 23.3 Å². The van der Waals surface area contributed by atoms with E-state index < -0.39 is 0 Å². The molecule has 0 atom stereocenters. The van der Waals surface area contributed by atoms with Crippen LogP contribution in [0.1, 0.15) is 17.0 Å². The lowest BCUT2D eigenvalue weighted by Crippen LogP contribution is -2.24. The molecular formula is C22H15N3O. The minimum atomic E-state index is -0.0880. The van der Waals surface area contributed by atoms with Crippen molar-refractivity contribution in [3.63, 3.8) is 0 Å². The topological polar surface area (TPSA) is 47.8 Å². The lowest BCUT2D eigenvalue weighted by atomic mass is 10.2. The van der Waals surface area contributed by atoms with Crippen LogP contribution in [0.2, 0.25) is 0 Å². The van der Waals surface area contributed by atoms with E-state index in [1.807, 2.05) is 54.6 Å². The highest BCUT2D eigenvalue weighted by Gasteiger charge is 2.09. The zero-order chi connectivity index (χ0) is 17.8. The van der Waals surface area contributed by atoms with Gasteiger partial charge in [0.05, 0.1) is 17.4 Å². The van der Waals surface area contributed by atoms with E-state index in [2.05, 4.69) is 22.1 Å². The average molecular weight is 337 g/mol. The smallest absolute Gasteiger partial charge is 0.262 e. The Bertz CT molecular complexity index is 1120. The maximum Gasteiger partial charge on any atom is 0.262 e. The standard InChI is InChI=1S/C22H15N3O/c26-22-19-10-4-5-11-20(19)24-21(13-12-17-9-6-14-23-15-17)25(22)16-18-7-2-1-3-8-18/h1-3,6-15H,16H2/b13-12+. The summed E-state index contributed by atoms with van der Waals surface area (Å²) in [6.07, 6.45) is 7.24. The Hall–Kier alpha value is -3.71. The number of hydrogen-bond donors (Lipinski definition) is 0. The van der Waals surface area contributed by atoms with E-state index >= 15 is 0 Å². The molecule has 124 valence electrons. The number of rotatable bonds is 4. The molecule has 4 aromatic rings. The van der Waals surface area contributed by atoms with Crippen molar-refractivity contribution in [2.24, 2.45) is 0 Å². The normalized spacial score (nSPS) is 10.9. The Balaban J connectivity index is 1.85. The van der Waals surface area contributed by atoms with Crippen LogP contribution in [0.15, 0.2) is 71.8 Å². The third-order valence-electron chi connectivity index (χ3n) is 4.06. The highest BCUT2D eigenvalue weighted by molar-refractivity contribution is 5.78. The van der Waals surface area contributed by atoms with Crippen LogP contribution < -0.4 is 5.56 Å². The Morgan fingerprint density at radius 3 is 2.65 bits per heavy atom. The molecular weight excluding hydrogens is 322 g/mol. The molecule has 0 aliphatic heterocycles. The van der Waals surface area contributed by atoms with Gasteiger partial charge in [-0.25, -0.2) is 4.98 Å². The van der Waals surface area contributed by atoms with Gasteiger partial charge in [0.15, 0.2) is 0 Å². The quantitative estimate of drug-likeness (QED) is 0.571. The molecule has 0 unspecified atom stereocenters. The zero-order valence-corrected chi connectivity index (χ0v) is 14.0. The molecule has 2 aromatic heterocycles. The van der Waals surface area contributed by atoms with Gasteiger partial charge in [0, 0.05) is 24.5 Å². The van der Waals surface area contributed by atoms with Crippen molar-refractivity contribution in [2.45, 2.75) is 6.54 Å². The summed E-state index contributed by atoms with van der Waals surface area (Å²) in [4.78, 5) is 21.8. The highest BCUT2D eigenvalue weighted by Crippen LogP contribution is 2.11. The summed E-state index contributed by atoms with van der Waals surface area (Å²) in [6.45, 7) is 0.452. The van der Waals surface area contributed by atoms with Crippen LogP contribution in [-0.4, -0.2) is 14.5 Å². The minimum Gasteiger partial charge on any atom is -0.288 e. The van der Waals surface area contributed by atoms with Gasteiger partial charge in [-0.15, -0.1) is 0 Å². The fourth-order valence-electron chi connectivity index (χ4n) is 2.76. The lowest BCUT2D eigenvalue weighted by Gasteiger charge is -2.11. The third kappa shape index (κ3) is 3.24. The van der Waals surface area contributed by atoms with Crippen molar-refractivity contribution in [1.29, 1.82) is 0 Å². The number of nitrogens with zero attached hydrogens (tertiary/aromatic N) is 3. The number of aromatic nitrogens is 3. The van der Waals surface area contributed by atoms with Crippen LogP contribution in [0.3, 0.4) is 0 Å². The molecule has 0 aliphatic carbocycles. The third-order valence-corrected chi connectivity index (χ3v) is 4.06. The molecule has 2 aromatic carbocycles. The van der Waals surface area contributed by atoms with Gasteiger partial charge in [-0.1, -0.05) is 48.5 Å². The van der Waals surface area contributed by atoms with Gasteiger partial charge in [0.2, 0.25) is 0 Å². The van der Waals surface area contributed by atoms with Crippen molar-refractivity contribution in [3.05, 3.63) is 106 Å². The maximum atomic E-state index is 13.0. The van der Waals surface area contributed by atoms with E-state index in [1.165, 1.54) is 0 Å². The molecule has 0 bridgehead atoms. The average Bonchev–Trinajstić information content (AvgIpc) is 2.70.